The molecule has 4 aromatic rings. The number of likely N-dealkylation sites (N-methyl/N-ethyl adjacent to an activating group) is 2. The third kappa shape index (κ3) is 18.2. The van der Waals surface area contributed by atoms with Gasteiger partial charge in [0, 0.05) is 61.8 Å². The zero-order valence-electron chi connectivity index (χ0n) is 37.2. The van der Waals surface area contributed by atoms with Gasteiger partial charge in [-0.2, -0.15) is 10.2 Å². The second-order valence-corrected chi connectivity index (χ2v) is 15.7. The molecule has 4 aromatic carbocycles. The summed E-state index contributed by atoms with van der Waals surface area (Å²) in [6.07, 6.45) is 7.20. The molecule has 0 unspecified atom stereocenters. The fraction of sp³-hybridized carbons (Fsp3) is 0.435. The molecule has 17 nitrogen and oxygen atoms in total. The number of azo groups is 2. The lowest BCUT2D eigenvalue weighted by molar-refractivity contribution is -0.385. The third-order valence-electron chi connectivity index (χ3n) is 10.4. The molecule has 4 rings (SSSR count). The number of unbranched alkanes of at least 4 members (excludes halogenated alkanes) is 5. The second-order valence-electron chi connectivity index (χ2n) is 14.9. The van der Waals surface area contributed by atoms with E-state index >= 15 is 0 Å². The average Bonchev–Trinajstić information content (AvgIpc) is 3.30. The molecule has 348 valence electrons. The molecule has 0 saturated carbocycles. The Balaban J connectivity index is 1.20. The number of benzene rings is 4. The summed E-state index contributed by atoms with van der Waals surface area (Å²) in [6, 6.07) is 22.7. The van der Waals surface area contributed by atoms with Crippen LogP contribution in [0.3, 0.4) is 0 Å². The first kappa shape index (κ1) is 51.6. The van der Waals surface area contributed by atoms with Crippen LogP contribution in [-0.2, 0) is 19.1 Å². The Labute approximate surface area is 389 Å². The summed E-state index contributed by atoms with van der Waals surface area (Å²) >= 11 is 12.3. The molecule has 19 heteroatoms. The molecule has 0 atom stereocenters. The molecule has 0 N–H and O–H groups in total. The lowest BCUT2D eigenvalue weighted by Crippen LogP contribution is -2.32. The Morgan fingerprint density at radius 1 is 0.554 bits per heavy atom. The van der Waals surface area contributed by atoms with Gasteiger partial charge in [-0.25, -0.2) is 0 Å². The van der Waals surface area contributed by atoms with Crippen LogP contribution in [0, 0.1) is 20.2 Å². The minimum Gasteiger partial charge on any atom is -0.464 e. The van der Waals surface area contributed by atoms with Gasteiger partial charge >= 0.3 is 11.9 Å². The van der Waals surface area contributed by atoms with Crippen molar-refractivity contribution in [2.24, 2.45) is 20.5 Å². The Kier molecular flexibility index (Phi) is 22.2. The molecule has 0 bridgehead atoms. The van der Waals surface area contributed by atoms with Crippen LogP contribution in [0.25, 0.3) is 0 Å². The molecule has 0 radical (unpaired) electrons. The summed E-state index contributed by atoms with van der Waals surface area (Å²) in [6.45, 7) is 10.7. The number of nitro benzene ring substituents is 2. The van der Waals surface area contributed by atoms with Crippen LogP contribution in [0.1, 0.15) is 72.1 Å². The number of ether oxygens (including phenoxy) is 2. The smallest absolute Gasteiger partial charge is 0.307 e. The lowest BCUT2D eigenvalue weighted by Gasteiger charge is -2.24. The van der Waals surface area contributed by atoms with Gasteiger partial charge in [0.1, 0.15) is 24.6 Å². The van der Waals surface area contributed by atoms with E-state index in [0.29, 0.717) is 62.0 Å². The number of esters is 2. The topological polar surface area (TPSA) is 198 Å². The van der Waals surface area contributed by atoms with Crippen LogP contribution >= 0.6 is 23.2 Å². The SMILES string of the molecule is CCCCCCCCN(CCC(=O)OCCN(CC)c1ccc(/N=N/c2ccc([N+](=O)[O-])cc2Cl)cc1)CCC(=O)OCCN(CC)c1ccc(/N=N/c2ccc([N+](=O)[O-])cc2Cl)cc1. The van der Waals surface area contributed by atoms with Crippen molar-refractivity contribution in [3.05, 3.63) is 115 Å². The highest BCUT2D eigenvalue weighted by Gasteiger charge is 2.15. The maximum Gasteiger partial charge on any atom is 0.307 e. The summed E-state index contributed by atoms with van der Waals surface area (Å²) < 4.78 is 11.3. The molecular formula is C46H57Cl2N9O8. The van der Waals surface area contributed by atoms with Crippen molar-refractivity contribution in [3.8, 4) is 0 Å². The molecule has 0 aromatic heterocycles. The largest absolute Gasteiger partial charge is 0.464 e. The third-order valence-corrected chi connectivity index (χ3v) is 11.0. The van der Waals surface area contributed by atoms with E-state index in [4.69, 9.17) is 32.7 Å². The van der Waals surface area contributed by atoms with Crippen molar-refractivity contribution in [1.29, 1.82) is 0 Å². The molecule has 0 amide bonds. The van der Waals surface area contributed by atoms with Gasteiger partial charge in [0.15, 0.2) is 0 Å². The van der Waals surface area contributed by atoms with Gasteiger partial charge in [-0.3, -0.25) is 29.8 Å². The number of nitrogens with zero attached hydrogens (tertiary/aromatic N) is 9. The second kappa shape index (κ2) is 28.0. The van der Waals surface area contributed by atoms with Crippen molar-refractivity contribution in [2.45, 2.75) is 72.1 Å². The van der Waals surface area contributed by atoms with Gasteiger partial charge in [-0.05, 0) is 87.5 Å². The summed E-state index contributed by atoms with van der Waals surface area (Å²) in [4.78, 5) is 53.0. The fourth-order valence-electron chi connectivity index (χ4n) is 6.64. The Bertz CT molecular complexity index is 2060. The fourth-order valence-corrected chi connectivity index (χ4v) is 7.06. The van der Waals surface area contributed by atoms with Crippen molar-refractivity contribution >= 4 is 80.6 Å². The predicted molar refractivity (Wildman–Crippen MR) is 254 cm³/mol. The van der Waals surface area contributed by atoms with Gasteiger partial charge in [0.2, 0.25) is 0 Å². The highest BCUT2D eigenvalue weighted by atomic mass is 35.5. The predicted octanol–water partition coefficient (Wildman–Crippen LogP) is 12.5. The van der Waals surface area contributed by atoms with E-state index in [2.05, 4.69) is 42.1 Å². The quantitative estimate of drug-likeness (QED) is 0.0165. The minimum atomic E-state index is -0.527. The number of rotatable bonds is 29. The zero-order valence-corrected chi connectivity index (χ0v) is 38.7. The molecule has 65 heavy (non-hydrogen) atoms. The van der Waals surface area contributed by atoms with E-state index in [0.717, 1.165) is 37.2 Å². The van der Waals surface area contributed by atoms with Crippen LogP contribution in [0.15, 0.2) is 105 Å². The van der Waals surface area contributed by atoms with Crippen molar-refractivity contribution in [2.75, 3.05) is 68.8 Å². The van der Waals surface area contributed by atoms with Crippen LogP contribution < -0.4 is 9.80 Å². The maximum atomic E-state index is 12.9. The molecule has 0 fully saturated rings. The number of anilines is 2. The molecule has 0 aliphatic rings. The molecule has 0 aliphatic carbocycles. The van der Waals surface area contributed by atoms with Crippen LogP contribution in [0.2, 0.25) is 10.0 Å². The number of hydrogen-bond acceptors (Lipinski definition) is 15. The van der Waals surface area contributed by atoms with Crippen LogP contribution in [0.5, 0.6) is 0 Å². The van der Waals surface area contributed by atoms with Gasteiger partial charge in [0.05, 0.1) is 57.2 Å². The van der Waals surface area contributed by atoms with Gasteiger partial charge in [-0.1, -0.05) is 62.2 Å². The number of carbonyl (C=O) groups is 2. The van der Waals surface area contributed by atoms with E-state index in [1.165, 1.54) is 55.7 Å². The molecular weight excluding hydrogens is 877 g/mol. The van der Waals surface area contributed by atoms with Gasteiger partial charge in [-0.15, -0.1) is 10.2 Å². The summed E-state index contributed by atoms with van der Waals surface area (Å²) in [5.74, 6) is -0.608. The number of non-ortho nitro benzene ring substituents is 2. The monoisotopic (exact) mass is 933 g/mol. The Hall–Kier alpha value is -6.04. The van der Waals surface area contributed by atoms with Crippen molar-refractivity contribution in [3.63, 3.8) is 0 Å². The highest BCUT2D eigenvalue weighted by Crippen LogP contribution is 2.32. The summed E-state index contributed by atoms with van der Waals surface area (Å²) in [5.41, 5.74) is 3.36. The summed E-state index contributed by atoms with van der Waals surface area (Å²) in [5, 5.41) is 38.9. The number of carbonyl (C=O) groups excluding carboxylic acids is 2. The molecule has 0 aliphatic heterocycles. The first-order chi connectivity index (χ1) is 31.4. The average molecular weight is 935 g/mol. The molecule has 0 spiro atoms. The standard InChI is InChI=1S/C46H57Cl2N9O8/c1-4-7-8-9-10-11-26-53(27-24-45(58)64-31-29-54(5-2)37-16-12-35(13-17-37)49-51-43-22-20-39(56(60)61)33-41(43)47)28-25-46(59)65-32-30-55(6-3)38-18-14-36(15-19-38)50-52-44-23-21-40(57(62)63)34-42(44)48/h12-23,33-34H,4-11,24-32H2,1-3H3/b51-49+,52-50+. The van der Waals surface area contributed by atoms with E-state index in [1.807, 2.05) is 38.1 Å². The van der Waals surface area contributed by atoms with Crippen molar-refractivity contribution in [1.82, 2.24) is 4.90 Å². The normalized spacial score (nSPS) is 11.4. The maximum absolute atomic E-state index is 12.9. The zero-order chi connectivity index (χ0) is 47.0. The van der Waals surface area contributed by atoms with Crippen LogP contribution in [-0.4, -0.2) is 85.7 Å². The van der Waals surface area contributed by atoms with Crippen LogP contribution in [0.4, 0.5) is 45.5 Å². The van der Waals surface area contributed by atoms with Gasteiger partial charge in [0.25, 0.3) is 11.4 Å². The van der Waals surface area contributed by atoms with E-state index < -0.39 is 9.85 Å². The summed E-state index contributed by atoms with van der Waals surface area (Å²) in [7, 11) is 0. The van der Waals surface area contributed by atoms with E-state index in [-0.39, 0.29) is 59.4 Å². The van der Waals surface area contributed by atoms with E-state index in [1.54, 1.807) is 24.3 Å². The molecule has 0 heterocycles. The number of nitro groups is 2. The highest BCUT2D eigenvalue weighted by molar-refractivity contribution is 6.33. The van der Waals surface area contributed by atoms with E-state index in [9.17, 15) is 29.8 Å². The first-order valence-electron chi connectivity index (χ1n) is 21.9. The number of hydrogen-bond donors (Lipinski definition) is 0. The number of halogens is 2. The Morgan fingerprint density at radius 3 is 1.35 bits per heavy atom. The Morgan fingerprint density at radius 2 is 0.969 bits per heavy atom. The van der Waals surface area contributed by atoms with Gasteiger partial charge < -0.3 is 24.2 Å². The first-order valence-corrected chi connectivity index (χ1v) is 22.6. The minimum absolute atomic E-state index is 0.127. The lowest BCUT2D eigenvalue weighted by atomic mass is 10.1. The molecule has 0 saturated heterocycles. The van der Waals surface area contributed by atoms with Crippen molar-refractivity contribution < 1.29 is 28.9 Å².